The van der Waals surface area contributed by atoms with Crippen LogP contribution in [0.4, 0.5) is 0 Å². The molecule has 1 heterocycles. The molecule has 0 atom stereocenters. The first-order valence-corrected chi connectivity index (χ1v) is 8.96. The van der Waals surface area contributed by atoms with Gasteiger partial charge in [0.1, 0.15) is 0 Å². The zero-order chi connectivity index (χ0) is 19.5. The van der Waals surface area contributed by atoms with E-state index in [0.717, 1.165) is 5.69 Å². The average Bonchev–Trinajstić information content (AvgIpc) is 3.15. The first kappa shape index (κ1) is 17.7. The number of aromatic nitrogens is 4. The van der Waals surface area contributed by atoms with Crippen LogP contribution in [0.5, 0.6) is 0 Å². The highest BCUT2D eigenvalue weighted by atomic mass is 32.1. The number of hydrogen-bond donors (Lipinski definition) is 1. The van der Waals surface area contributed by atoms with E-state index >= 15 is 0 Å². The predicted octanol–water partition coefficient (Wildman–Crippen LogP) is 3.27. The normalized spacial score (nSPS) is 10.6. The Morgan fingerprint density at radius 3 is 2.14 bits per heavy atom. The summed E-state index contributed by atoms with van der Waals surface area (Å²) < 4.78 is 1.74. The second-order valence-corrected chi connectivity index (χ2v) is 6.37. The lowest BCUT2D eigenvalue weighted by molar-refractivity contribution is -0.718. The van der Waals surface area contributed by atoms with E-state index in [1.165, 1.54) is 9.48 Å². The van der Waals surface area contributed by atoms with Crippen LogP contribution in [-0.4, -0.2) is 26.6 Å². The molecule has 0 fully saturated rings. The molecule has 7 heteroatoms. The Kier molecular flexibility index (Phi) is 4.74. The van der Waals surface area contributed by atoms with Gasteiger partial charge in [-0.15, -0.1) is 0 Å². The van der Waals surface area contributed by atoms with Gasteiger partial charge in [0.25, 0.3) is 0 Å². The molecule has 0 saturated heterocycles. The highest BCUT2D eigenvalue weighted by Crippen LogP contribution is 2.16. The highest BCUT2D eigenvalue weighted by Gasteiger charge is 2.25. The van der Waals surface area contributed by atoms with Crippen LogP contribution < -0.4 is 4.80 Å². The van der Waals surface area contributed by atoms with Gasteiger partial charge < -0.3 is 0 Å². The molecule has 28 heavy (non-hydrogen) atoms. The number of aromatic amines is 1. The molecule has 4 rings (SSSR count). The van der Waals surface area contributed by atoms with Gasteiger partial charge >= 0.3 is 4.77 Å². The summed E-state index contributed by atoms with van der Waals surface area (Å²) >= 11 is 5.36. The van der Waals surface area contributed by atoms with Crippen molar-refractivity contribution in [3.63, 3.8) is 0 Å². The predicted molar refractivity (Wildman–Crippen MR) is 105 cm³/mol. The molecular weight excluding hydrogens is 372 g/mol. The van der Waals surface area contributed by atoms with Crippen molar-refractivity contribution in [1.29, 1.82) is 0 Å². The van der Waals surface area contributed by atoms with Crippen LogP contribution in [0, 0.1) is 4.77 Å². The third-order valence-electron chi connectivity index (χ3n) is 4.20. The number of H-pyrrole nitrogens is 1. The monoisotopic (exact) mass is 387 g/mol. The molecular formula is C21H15N4O2S+. The SMILES string of the molecule is O=C(C(=O)c1ccccc1-n1[nH][n+](-c2ccccc2)nc1=S)c1ccccc1. The molecule has 136 valence electrons. The Balaban J connectivity index is 1.77. The van der Waals surface area contributed by atoms with Crippen LogP contribution >= 0.6 is 12.2 Å². The smallest absolute Gasteiger partial charge is 0.285 e. The number of hydrogen-bond acceptors (Lipinski definition) is 4. The lowest BCUT2D eigenvalue weighted by Crippen LogP contribution is -2.36. The molecule has 0 spiro atoms. The van der Waals surface area contributed by atoms with Gasteiger partial charge in [-0.1, -0.05) is 70.6 Å². The van der Waals surface area contributed by atoms with Gasteiger partial charge in [-0.2, -0.15) is 0 Å². The standard InChI is InChI=1S/C21H14N4O2S/c26-19(15-9-3-1-4-10-15)20(27)17-13-7-8-14-18(17)24-21(28)22-25(23-24)16-11-5-2-6-12-16/h1-14H/p+1. The van der Waals surface area contributed by atoms with Gasteiger partial charge in [-0.05, 0) is 41.3 Å². The number of carbonyl (C=O) groups excluding carboxylic acids is 2. The Bertz CT molecular complexity index is 1210. The van der Waals surface area contributed by atoms with E-state index in [1.54, 1.807) is 54.6 Å². The second kappa shape index (κ2) is 7.50. The maximum absolute atomic E-state index is 12.9. The molecule has 0 amide bonds. The van der Waals surface area contributed by atoms with E-state index in [2.05, 4.69) is 10.3 Å². The van der Waals surface area contributed by atoms with Gasteiger partial charge in [0.05, 0.1) is 5.56 Å². The maximum Gasteiger partial charge on any atom is 0.353 e. The van der Waals surface area contributed by atoms with E-state index in [1.807, 2.05) is 30.3 Å². The maximum atomic E-state index is 12.9. The fourth-order valence-corrected chi connectivity index (χ4v) is 3.06. The fourth-order valence-electron chi connectivity index (χ4n) is 2.84. The minimum absolute atomic E-state index is 0.233. The van der Waals surface area contributed by atoms with Crippen molar-refractivity contribution in [2.45, 2.75) is 0 Å². The lowest BCUT2D eigenvalue weighted by Gasteiger charge is -2.04. The minimum atomic E-state index is -0.607. The van der Waals surface area contributed by atoms with Crippen LogP contribution in [0.2, 0.25) is 0 Å². The van der Waals surface area contributed by atoms with Gasteiger partial charge in [0, 0.05) is 10.7 Å². The average molecular weight is 387 g/mol. The van der Waals surface area contributed by atoms with Crippen molar-refractivity contribution in [3.05, 3.63) is 101 Å². The van der Waals surface area contributed by atoms with E-state index in [-0.39, 0.29) is 10.3 Å². The number of ketones is 2. The number of Topliss-reactive ketones (excluding diaryl/α,β-unsaturated/α-hetero) is 2. The Labute approximate surface area is 165 Å². The highest BCUT2D eigenvalue weighted by molar-refractivity contribution is 7.71. The summed E-state index contributed by atoms with van der Waals surface area (Å²) in [5.41, 5.74) is 1.84. The van der Waals surface area contributed by atoms with Crippen LogP contribution in [0.3, 0.4) is 0 Å². The number of rotatable bonds is 5. The largest absolute Gasteiger partial charge is 0.353 e. The second-order valence-electron chi connectivity index (χ2n) is 6.01. The van der Waals surface area contributed by atoms with Gasteiger partial charge in [0.15, 0.2) is 11.4 Å². The topological polar surface area (TPSA) is 71.6 Å². The van der Waals surface area contributed by atoms with Gasteiger partial charge in [-0.25, -0.2) is 0 Å². The molecule has 0 aliphatic rings. The molecule has 0 aliphatic carbocycles. The van der Waals surface area contributed by atoms with Gasteiger partial charge in [-0.3, -0.25) is 9.59 Å². The lowest BCUT2D eigenvalue weighted by atomic mass is 10.0. The third kappa shape index (κ3) is 3.30. The first-order valence-electron chi connectivity index (χ1n) is 8.55. The van der Waals surface area contributed by atoms with Crippen molar-refractivity contribution in [2.24, 2.45) is 0 Å². The van der Waals surface area contributed by atoms with Crippen LogP contribution in [-0.2, 0) is 0 Å². The molecule has 0 unspecified atom stereocenters. The fraction of sp³-hybridized carbons (Fsp3) is 0. The molecule has 6 nitrogen and oxygen atoms in total. The van der Waals surface area contributed by atoms with Crippen molar-refractivity contribution < 1.29 is 14.4 Å². The molecule has 1 aromatic heterocycles. The molecule has 1 N–H and O–H groups in total. The van der Waals surface area contributed by atoms with E-state index in [0.29, 0.717) is 11.3 Å². The third-order valence-corrected chi connectivity index (χ3v) is 4.47. The van der Waals surface area contributed by atoms with Crippen LogP contribution in [0.15, 0.2) is 84.9 Å². The van der Waals surface area contributed by atoms with Crippen molar-refractivity contribution >= 4 is 23.8 Å². The first-order chi connectivity index (χ1) is 13.6. The van der Waals surface area contributed by atoms with Crippen molar-refractivity contribution in [2.75, 3.05) is 0 Å². The van der Waals surface area contributed by atoms with Crippen molar-refractivity contribution in [3.8, 4) is 11.4 Å². The molecule has 4 aromatic rings. The van der Waals surface area contributed by atoms with E-state index in [4.69, 9.17) is 12.2 Å². The number of para-hydroxylation sites is 2. The number of nitrogens with one attached hydrogen (secondary N) is 1. The summed E-state index contributed by atoms with van der Waals surface area (Å²) in [5, 5.41) is 7.35. The Morgan fingerprint density at radius 2 is 1.43 bits per heavy atom. The summed E-state index contributed by atoms with van der Waals surface area (Å²) in [7, 11) is 0. The van der Waals surface area contributed by atoms with Crippen LogP contribution in [0.25, 0.3) is 11.4 Å². The molecule has 0 saturated carbocycles. The number of benzene rings is 3. The van der Waals surface area contributed by atoms with Crippen LogP contribution in [0.1, 0.15) is 20.7 Å². The van der Waals surface area contributed by atoms with Gasteiger partial charge in [0.2, 0.25) is 11.6 Å². The number of tetrazole rings is 1. The Hall–Kier alpha value is -3.71. The molecule has 0 aliphatic heterocycles. The van der Waals surface area contributed by atoms with E-state index in [9.17, 15) is 9.59 Å². The molecule has 3 aromatic carbocycles. The minimum Gasteiger partial charge on any atom is -0.285 e. The summed E-state index contributed by atoms with van der Waals surface area (Å²) in [6, 6.07) is 24.7. The summed E-state index contributed by atoms with van der Waals surface area (Å²) in [6.45, 7) is 0. The van der Waals surface area contributed by atoms with Crippen molar-refractivity contribution in [1.82, 2.24) is 15.0 Å². The quantitative estimate of drug-likeness (QED) is 0.247. The zero-order valence-electron chi connectivity index (χ0n) is 14.6. The summed E-state index contributed by atoms with van der Waals surface area (Å²) in [6.07, 6.45) is 0. The Morgan fingerprint density at radius 1 is 0.821 bits per heavy atom. The number of carbonyl (C=O) groups is 2. The summed E-state index contributed by atoms with van der Waals surface area (Å²) in [5.74, 6) is -1.18. The zero-order valence-corrected chi connectivity index (χ0v) is 15.5. The summed E-state index contributed by atoms with van der Waals surface area (Å²) in [4.78, 5) is 27.0. The number of nitrogens with zero attached hydrogens (tertiary/aromatic N) is 3. The molecule has 0 bridgehead atoms. The molecule has 0 radical (unpaired) electrons. The van der Waals surface area contributed by atoms with E-state index < -0.39 is 11.6 Å².